The summed E-state index contributed by atoms with van der Waals surface area (Å²) in [4.78, 5) is 10.2. The SMILES string of the molecule is C=CCCOCCNCc1ccc([N+](=O)[O-])cc1Br. The Hall–Kier alpha value is -1.24. The van der Waals surface area contributed by atoms with Crippen molar-refractivity contribution in [2.24, 2.45) is 0 Å². The van der Waals surface area contributed by atoms with Gasteiger partial charge in [0.05, 0.1) is 18.1 Å². The lowest BCUT2D eigenvalue weighted by atomic mass is 10.2. The molecule has 0 saturated heterocycles. The summed E-state index contributed by atoms with van der Waals surface area (Å²) in [7, 11) is 0. The zero-order chi connectivity index (χ0) is 14.1. The quantitative estimate of drug-likeness (QED) is 0.327. The predicted molar refractivity (Wildman–Crippen MR) is 78.1 cm³/mol. The standard InChI is InChI=1S/C13H17BrN2O3/c1-2-3-7-19-8-6-15-10-11-4-5-12(16(17)18)9-13(11)14/h2,4-5,9,15H,1,3,6-8,10H2. The van der Waals surface area contributed by atoms with Crippen molar-refractivity contribution in [3.05, 3.63) is 51.0 Å². The largest absolute Gasteiger partial charge is 0.380 e. The van der Waals surface area contributed by atoms with Crippen molar-refractivity contribution >= 4 is 21.6 Å². The molecule has 0 aliphatic heterocycles. The van der Waals surface area contributed by atoms with Crippen LogP contribution in [-0.2, 0) is 11.3 Å². The van der Waals surface area contributed by atoms with Crippen LogP contribution in [0.3, 0.4) is 0 Å². The van der Waals surface area contributed by atoms with Crippen LogP contribution in [0.1, 0.15) is 12.0 Å². The fourth-order valence-electron chi connectivity index (χ4n) is 1.43. The first-order chi connectivity index (χ1) is 9.15. The molecule has 0 spiro atoms. The van der Waals surface area contributed by atoms with Crippen LogP contribution in [0.4, 0.5) is 5.69 Å². The molecule has 0 atom stereocenters. The van der Waals surface area contributed by atoms with Crippen LogP contribution in [0.15, 0.2) is 35.3 Å². The van der Waals surface area contributed by atoms with Crippen LogP contribution in [0, 0.1) is 10.1 Å². The highest BCUT2D eigenvalue weighted by Gasteiger charge is 2.08. The van der Waals surface area contributed by atoms with Crippen molar-refractivity contribution in [1.82, 2.24) is 5.32 Å². The van der Waals surface area contributed by atoms with Gasteiger partial charge in [-0.05, 0) is 18.1 Å². The molecule has 104 valence electrons. The smallest absolute Gasteiger partial charge is 0.270 e. The monoisotopic (exact) mass is 328 g/mol. The minimum atomic E-state index is -0.407. The molecule has 0 saturated carbocycles. The van der Waals surface area contributed by atoms with Crippen molar-refractivity contribution in [3.8, 4) is 0 Å². The number of halogens is 1. The molecule has 19 heavy (non-hydrogen) atoms. The third-order valence-corrected chi connectivity index (χ3v) is 3.19. The van der Waals surface area contributed by atoms with Crippen molar-refractivity contribution in [1.29, 1.82) is 0 Å². The molecule has 0 unspecified atom stereocenters. The van der Waals surface area contributed by atoms with E-state index in [0.717, 1.165) is 23.0 Å². The van der Waals surface area contributed by atoms with E-state index in [-0.39, 0.29) is 5.69 Å². The van der Waals surface area contributed by atoms with Crippen LogP contribution in [0.25, 0.3) is 0 Å². The lowest BCUT2D eigenvalue weighted by molar-refractivity contribution is -0.384. The minimum absolute atomic E-state index is 0.0865. The van der Waals surface area contributed by atoms with Crippen LogP contribution >= 0.6 is 15.9 Å². The first-order valence-electron chi connectivity index (χ1n) is 5.97. The number of benzene rings is 1. The summed E-state index contributed by atoms with van der Waals surface area (Å²) in [5, 5.41) is 13.8. The van der Waals surface area contributed by atoms with E-state index in [0.29, 0.717) is 19.8 Å². The van der Waals surface area contributed by atoms with E-state index in [1.54, 1.807) is 6.07 Å². The molecular formula is C13H17BrN2O3. The second kappa shape index (κ2) is 8.79. The van der Waals surface area contributed by atoms with Crippen LogP contribution in [0.2, 0.25) is 0 Å². The molecule has 0 amide bonds. The van der Waals surface area contributed by atoms with E-state index in [1.807, 2.05) is 6.08 Å². The van der Waals surface area contributed by atoms with E-state index < -0.39 is 4.92 Å². The highest BCUT2D eigenvalue weighted by Crippen LogP contribution is 2.22. The van der Waals surface area contributed by atoms with Gasteiger partial charge < -0.3 is 10.1 Å². The number of non-ortho nitro benzene ring substituents is 1. The van der Waals surface area contributed by atoms with Gasteiger partial charge in [-0.2, -0.15) is 0 Å². The lowest BCUT2D eigenvalue weighted by Crippen LogP contribution is -2.19. The molecule has 0 aliphatic carbocycles. The van der Waals surface area contributed by atoms with E-state index in [4.69, 9.17) is 4.74 Å². The molecule has 6 heteroatoms. The van der Waals surface area contributed by atoms with Gasteiger partial charge in [-0.25, -0.2) is 0 Å². The zero-order valence-electron chi connectivity index (χ0n) is 10.6. The van der Waals surface area contributed by atoms with Crippen LogP contribution in [0.5, 0.6) is 0 Å². The van der Waals surface area contributed by atoms with Crippen molar-refractivity contribution in [2.45, 2.75) is 13.0 Å². The van der Waals surface area contributed by atoms with Crippen molar-refractivity contribution in [3.63, 3.8) is 0 Å². The second-order valence-corrected chi connectivity index (χ2v) is 4.75. The topological polar surface area (TPSA) is 64.4 Å². The summed E-state index contributed by atoms with van der Waals surface area (Å²) in [6.07, 6.45) is 2.68. The molecule has 1 aromatic carbocycles. The minimum Gasteiger partial charge on any atom is -0.380 e. The maximum Gasteiger partial charge on any atom is 0.270 e. The summed E-state index contributed by atoms with van der Waals surface area (Å²) < 4.78 is 6.10. The number of nitrogens with zero attached hydrogens (tertiary/aromatic N) is 1. The van der Waals surface area contributed by atoms with Gasteiger partial charge in [-0.3, -0.25) is 10.1 Å². The third kappa shape index (κ3) is 5.96. The highest BCUT2D eigenvalue weighted by atomic mass is 79.9. The zero-order valence-corrected chi connectivity index (χ0v) is 12.2. The Morgan fingerprint density at radius 1 is 1.47 bits per heavy atom. The number of nitrogens with one attached hydrogen (secondary N) is 1. The van der Waals surface area contributed by atoms with E-state index in [2.05, 4.69) is 27.8 Å². The Kier molecular flexibility index (Phi) is 7.32. The summed E-state index contributed by atoms with van der Waals surface area (Å²) in [5.41, 5.74) is 1.07. The van der Waals surface area contributed by atoms with Gasteiger partial charge in [0.15, 0.2) is 0 Å². The van der Waals surface area contributed by atoms with Gasteiger partial charge in [-0.15, -0.1) is 6.58 Å². The highest BCUT2D eigenvalue weighted by molar-refractivity contribution is 9.10. The number of hydrogen-bond donors (Lipinski definition) is 1. The Morgan fingerprint density at radius 2 is 2.26 bits per heavy atom. The molecule has 0 aliphatic rings. The lowest BCUT2D eigenvalue weighted by Gasteiger charge is -2.07. The van der Waals surface area contributed by atoms with Crippen molar-refractivity contribution in [2.75, 3.05) is 19.8 Å². The molecule has 1 aromatic rings. The summed E-state index contributed by atoms with van der Waals surface area (Å²) in [5.74, 6) is 0. The maximum atomic E-state index is 10.6. The molecule has 5 nitrogen and oxygen atoms in total. The van der Waals surface area contributed by atoms with Gasteiger partial charge in [-0.1, -0.05) is 22.0 Å². The molecule has 0 aromatic heterocycles. The normalized spacial score (nSPS) is 10.4. The number of nitro benzene ring substituents is 1. The van der Waals surface area contributed by atoms with Crippen molar-refractivity contribution < 1.29 is 9.66 Å². The first kappa shape index (κ1) is 15.8. The summed E-state index contributed by atoms with van der Waals surface area (Å²) >= 11 is 3.33. The van der Waals surface area contributed by atoms with Gasteiger partial charge in [0.1, 0.15) is 0 Å². The summed E-state index contributed by atoms with van der Waals surface area (Å²) in [6, 6.07) is 4.76. The van der Waals surface area contributed by atoms with Crippen LogP contribution in [-0.4, -0.2) is 24.7 Å². The first-order valence-corrected chi connectivity index (χ1v) is 6.76. The van der Waals surface area contributed by atoms with Crippen LogP contribution < -0.4 is 5.32 Å². The number of hydrogen-bond acceptors (Lipinski definition) is 4. The Bertz CT molecular complexity index is 438. The molecule has 1 rings (SSSR count). The Morgan fingerprint density at radius 3 is 2.89 bits per heavy atom. The predicted octanol–water partition coefficient (Wildman–Crippen LogP) is 3.04. The molecule has 0 heterocycles. The number of nitro groups is 1. The molecular weight excluding hydrogens is 312 g/mol. The van der Waals surface area contributed by atoms with E-state index >= 15 is 0 Å². The van der Waals surface area contributed by atoms with Gasteiger partial charge >= 0.3 is 0 Å². The number of ether oxygens (including phenoxy) is 1. The fraction of sp³-hybridized carbons (Fsp3) is 0.385. The number of rotatable bonds is 9. The molecule has 1 N–H and O–H groups in total. The summed E-state index contributed by atoms with van der Waals surface area (Å²) in [6.45, 7) is 6.32. The Labute approximate surface area is 120 Å². The molecule has 0 bridgehead atoms. The average molecular weight is 329 g/mol. The Balaban J connectivity index is 2.29. The molecule has 0 radical (unpaired) electrons. The van der Waals surface area contributed by atoms with E-state index in [1.165, 1.54) is 12.1 Å². The van der Waals surface area contributed by atoms with Gasteiger partial charge in [0.2, 0.25) is 0 Å². The fourth-order valence-corrected chi connectivity index (χ4v) is 1.94. The van der Waals surface area contributed by atoms with Gasteiger partial charge in [0, 0.05) is 29.7 Å². The second-order valence-electron chi connectivity index (χ2n) is 3.90. The van der Waals surface area contributed by atoms with Gasteiger partial charge in [0.25, 0.3) is 5.69 Å². The third-order valence-electron chi connectivity index (χ3n) is 2.45. The molecule has 0 fully saturated rings. The van der Waals surface area contributed by atoms with E-state index in [9.17, 15) is 10.1 Å². The average Bonchev–Trinajstić information content (AvgIpc) is 2.39. The maximum absolute atomic E-state index is 10.6.